The van der Waals surface area contributed by atoms with E-state index < -0.39 is 0 Å². The zero-order valence-electron chi connectivity index (χ0n) is 13.2. The Balaban J connectivity index is 2.61. The molecule has 0 aromatic heterocycles. The van der Waals surface area contributed by atoms with Gasteiger partial charge in [-0.1, -0.05) is 41.0 Å². The molecule has 2 N–H and O–H groups in total. The Morgan fingerprint density at radius 3 is 2.11 bits per heavy atom. The molecular weight excluding hydrogens is 220 g/mol. The van der Waals surface area contributed by atoms with Crippen molar-refractivity contribution < 1.29 is 0 Å². The third-order valence-corrected chi connectivity index (χ3v) is 4.35. The maximum Gasteiger partial charge on any atom is 0.0100 e. The highest BCUT2D eigenvalue weighted by molar-refractivity contribution is 4.86. The summed E-state index contributed by atoms with van der Waals surface area (Å²) < 4.78 is 0. The number of nitrogens with zero attached hydrogens (tertiary/aromatic N) is 1. The van der Waals surface area contributed by atoms with E-state index in [1.165, 1.54) is 38.8 Å². The number of hydrogen-bond donors (Lipinski definition) is 1. The van der Waals surface area contributed by atoms with Gasteiger partial charge in [0, 0.05) is 18.6 Å². The Labute approximate surface area is 114 Å². The van der Waals surface area contributed by atoms with Crippen LogP contribution in [0.15, 0.2) is 0 Å². The average molecular weight is 254 g/mol. The van der Waals surface area contributed by atoms with E-state index in [-0.39, 0.29) is 0 Å². The molecule has 1 aliphatic rings. The fraction of sp³-hybridized carbons (Fsp3) is 1.00. The van der Waals surface area contributed by atoms with Gasteiger partial charge >= 0.3 is 0 Å². The second kappa shape index (κ2) is 7.49. The van der Waals surface area contributed by atoms with E-state index in [9.17, 15) is 0 Å². The Bertz CT molecular complexity index is 215. The Morgan fingerprint density at radius 1 is 1.11 bits per heavy atom. The fourth-order valence-corrected chi connectivity index (χ4v) is 3.32. The molecule has 0 spiro atoms. The van der Waals surface area contributed by atoms with Crippen molar-refractivity contribution in [2.24, 2.45) is 23.5 Å². The first kappa shape index (κ1) is 16.0. The topological polar surface area (TPSA) is 29.3 Å². The van der Waals surface area contributed by atoms with Crippen molar-refractivity contribution in [2.45, 2.75) is 72.4 Å². The van der Waals surface area contributed by atoms with E-state index in [1.807, 2.05) is 0 Å². The fourth-order valence-electron chi connectivity index (χ4n) is 3.32. The van der Waals surface area contributed by atoms with Crippen LogP contribution < -0.4 is 5.73 Å². The standard InChI is InChI=1S/C16H34N2/c1-6-14-11-18(8-7-16(14)17)15(9-12(2)3)10-13(4)5/h12-16H,6-11,17H2,1-5H3. The third kappa shape index (κ3) is 4.89. The van der Waals surface area contributed by atoms with Crippen LogP contribution in [-0.4, -0.2) is 30.1 Å². The summed E-state index contributed by atoms with van der Waals surface area (Å²) in [7, 11) is 0. The van der Waals surface area contributed by atoms with Crippen LogP contribution in [0.4, 0.5) is 0 Å². The minimum atomic E-state index is 0.435. The first-order chi connectivity index (χ1) is 8.43. The summed E-state index contributed by atoms with van der Waals surface area (Å²) in [4.78, 5) is 2.73. The molecular formula is C16H34N2. The average Bonchev–Trinajstić information content (AvgIpc) is 2.27. The number of rotatable bonds is 6. The quantitative estimate of drug-likeness (QED) is 0.786. The summed E-state index contributed by atoms with van der Waals surface area (Å²) in [5.41, 5.74) is 6.23. The summed E-state index contributed by atoms with van der Waals surface area (Å²) in [5, 5.41) is 0. The highest BCUT2D eigenvalue weighted by atomic mass is 15.2. The molecule has 2 nitrogen and oxygen atoms in total. The van der Waals surface area contributed by atoms with Gasteiger partial charge in [-0.15, -0.1) is 0 Å². The monoisotopic (exact) mass is 254 g/mol. The summed E-state index contributed by atoms with van der Waals surface area (Å²) in [6.07, 6.45) is 5.09. The van der Waals surface area contributed by atoms with Gasteiger partial charge in [0.2, 0.25) is 0 Å². The third-order valence-electron chi connectivity index (χ3n) is 4.35. The number of piperidine rings is 1. The van der Waals surface area contributed by atoms with Crippen LogP contribution in [0, 0.1) is 17.8 Å². The smallest absolute Gasteiger partial charge is 0.0100 e. The van der Waals surface area contributed by atoms with E-state index in [0.29, 0.717) is 12.0 Å². The van der Waals surface area contributed by atoms with Crippen molar-refractivity contribution in [3.05, 3.63) is 0 Å². The minimum absolute atomic E-state index is 0.435. The van der Waals surface area contributed by atoms with Crippen LogP contribution in [0.1, 0.15) is 60.3 Å². The van der Waals surface area contributed by atoms with Crippen LogP contribution in [0.25, 0.3) is 0 Å². The normalized spacial score (nSPS) is 26.5. The van der Waals surface area contributed by atoms with Crippen LogP contribution in [-0.2, 0) is 0 Å². The van der Waals surface area contributed by atoms with Gasteiger partial charge in [-0.25, -0.2) is 0 Å². The molecule has 0 radical (unpaired) electrons. The van der Waals surface area contributed by atoms with Gasteiger partial charge in [0.15, 0.2) is 0 Å². The van der Waals surface area contributed by atoms with Gasteiger partial charge in [-0.05, 0) is 43.6 Å². The lowest BCUT2D eigenvalue weighted by atomic mass is 9.87. The highest BCUT2D eigenvalue weighted by Gasteiger charge is 2.30. The predicted octanol–water partition coefficient (Wildman–Crippen LogP) is 3.51. The lowest BCUT2D eigenvalue weighted by molar-refractivity contribution is 0.0833. The molecule has 1 fully saturated rings. The second-order valence-corrected chi connectivity index (χ2v) is 7.03. The molecule has 0 saturated carbocycles. The summed E-state index contributed by atoms with van der Waals surface area (Å²) in [6.45, 7) is 14.1. The molecule has 0 aromatic carbocycles. The van der Waals surface area contributed by atoms with Crippen molar-refractivity contribution in [3.63, 3.8) is 0 Å². The number of nitrogens with two attached hydrogens (primary N) is 1. The van der Waals surface area contributed by atoms with Gasteiger partial charge in [-0.2, -0.15) is 0 Å². The van der Waals surface area contributed by atoms with Crippen molar-refractivity contribution in [1.82, 2.24) is 4.90 Å². The lowest BCUT2D eigenvalue weighted by Crippen LogP contribution is -2.51. The molecule has 0 aromatic rings. The van der Waals surface area contributed by atoms with Crippen molar-refractivity contribution in [1.29, 1.82) is 0 Å². The molecule has 1 aliphatic heterocycles. The summed E-state index contributed by atoms with van der Waals surface area (Å²) in [5.74, 6) is 2.30. The van der Waals surface area contributed by atoms with Gasteiger partial charge in [-0.3, -0.25) is 4.90 Å². The Kier molecular flexibility index (Phi) is 6.65. The highest BCUT2D eigenvalue weighted by Crippen LogP contribution is 2.26. The zero-order valence-corrected chi connectivity index (χ0v) is 13.2. The molecule has 1 rings (SSSR count). The molecule has 2 unspecified atom stereocenters. The van der Waals surface area contributed by atoms with E-state index >= 15 is 0 Å². The van der Waals surface area contributed by atoms with Gasteiger partial charge in [0.05, 0.1) is 0 Å². The molecule has 0 aliphatic carbocycles. The number of likely N-dealkylation sites (tertiary alicyclic amines) is 1. The van der Waals surface area contributed by atoms with Gasteiger partial charge < -0.3 is 5.73 Å². The van der Waals surface area contributed by atoms with Crippen molar-refractivity contribution in [3.8, 4) is 0 Å². The van der Waals surface area contributed by atoms with E-state index in [1.54, 1.807) is 0 Å². The minimum Gasteiger partial charge on any atom is -0.327 e. The molecule has 108 valence electrons. The number of hydrogen-bond acceptors (Lipinski definition) is 2. The molecule has 1 saturated heterocycles. The Hall–Kier alpha value is -0.0800. The predicted molar refractivity (Wildman–Crippen MR) is 80.6 cm³/mol. The second-order valence-electron chi connectivity index (χ2n) is 7.03. The Morgan fingerprint density at radius 2 is 1.67 bits per heavy atom. The lowest BCUT2D eigenvalue weighted by Gasteiger charge is -2.42. The van der Waals surface area contributed by atoms with Crippen molar-refractivity contribution in [2.75, 3.05) is 13.1 Å². The molecule has 1 heterocycles. The van der Waals surface area contributed by atoms with Crippen LogP contribution >= 0.6 is 0 Å². The van der Waals surface area contributed by atoms with Crippen molar-refractivity contribution >= 4 is 0 Å². The molecule has 0 amide bonds. The van der Waals surface area contributed by atoms with Crippen LogP contribution in [0.3, 0.4) is 0 Å². The summed E-state index contributed by atoms with van der Waals surface area (Å²) >= 11 is 0. The van der Waals surface area contributed by atoms with E-state index in [0.717, 1.165) is 17.9 Å². The van der Waals surface area contributed by atoms with E-state index in [2.05, 4.69) is 39.5 Å². The molecule has 2 heteroatoms. The molecule has 2 atom stereocenters. The first-order valence-electron chi connectivity index (χ1n) is 7.93. The molecule has 18 heavy (non-hydrogen) atoms. The van der Waals surface area contributed by atoms with Crippen LogP contribution in [0.2, 0.25) is 0 Å². The first-order valence-corrected chi connectivity index (χ1v) is 7.93. The van der Waals surface area contributed by atoms with Gasteiger partial charge in [0.1, 0.15) is 0 Å². The van der Waals surface area contributed by atoms with Crippen LogP contribution in [0.5, 0.6) is 0 Å². The van der Waals surface area contributed by atoms with Gasteiger partial charge in [0.25, 0.3) is 0 Å². The maximum absolute atomic E-state index is 6.23. The molecule has 0 bridgehead atoms. The maximum atomic E-state index is 6.23. The van der Waals surface area contributed by atoms with E-state index in [4.69, 9.17) is 5.73 Å². The summed E-state index contributed by atoms with van der Waals surface area (Å²) in [6, 6.07) is 1.21. The SMILES string of the molecule is CCC1CN(C(CC(C)C)CC(C)C)CCC1N. The zero-order chi connectivity index (χ0) is 13.7. The largest absolute Gasteiger partial charge is 0.327 e.